The fourth-order valence-corrected chi connectivity index (χ4v) is 2.75. The van der Waals surface area contributed by atoms with E-state index < -0.39 is 16.9 Å². The Bertz CT molecular complexity index is 793. The first-order valence-electron chi connectivity index (χ1n) is 9.68. The molecule has 7 heteroatoms. The van der Waals surface area contributed by atoms with Crippen molar-refractivity contribution < 1.29 is 28.6 Å². The number of likely N-dealkylation sites (N-methyl/N-ethyl adjacent to an activating group) is 1. The molecule has 0 saturated carbocycles. The Balaban J connectivity index is 1.97. The summed E-state index contributed by atoms with van der Waals surface area (Å²) in [7, 11) is 1.61. The van der Waals surface area contributed by atoms with E-state index in [0.29, 0.717) is 17.1 Å². The molecule has 2 rings (SSSR count). The number of carbonyl (C=O) groups is 3. The summed E-state index contributed by atoms with van der Waals surface area (Å²) in [5, 5.41) is 0. The summed E-state index contributed by atoms with van der Waals surface area (Å²) in [6.07, 6.45) is 0.152. The summed E-state index contributed by atoms with van der Waals surface area (Å²) in [5.74, 6) is 0.446. The summed E-state index contributed by atoms with van der Waals surface area (Å²) >= 11 is 0. The number of nitrogens with zero attached hydrogens (tertiary/aromatic N) is 1. The highest BCUT2D eigenvalue weighted by molar-refractivity contribution is 6.02. The van der Waals surface area contributed by atoms with Crippen LogP contribution in [0, 0.1) is 10.8 Å². The third-order valence-electron chi connectivity index (χ3n) is 4.85. The van der Waals surface area contributed by atoms with E-state index in [9.17, 15) is 14.4 Å². The first-order valence-corrected chi connectivity index (χ1v) is 9.68. The van der Waals surface area contributed by atoms with Crippen molar-refractivity contribution in [1.82, 2.24) is 4.90 Å². The van der Waals surface area contributed by atoms with Crippen molar-refractivity contribution >= 4 is 17.7 Å². The molecular weight excluding hydrogens is 374 g/mol. The van der Waals surface area contributed by atoms with E-state index in [1.165, 1.54) is 4.90 Å². The highest BCUT2D eigenvalue weighted by Gasteiger charge is 2.32. The second kappa shape index (κ2) is 8.43. The molecule has 0 fully saturated rings. The maximum atomic E-state index is 12.8. The number of esters is 1. The second-order valence-corrected chi connectivity index (χ2v) is 9.28. The Labute approximate surface area is 172 Å². The highest BCUT2D eigenvalue weighted by Crippen LogP contribution is 2.33. The Morgan fingerprint density at radius 2 is 1.72 bits per heavy atom. The van der Waals surface area contributed by atoms with Gasteiger partial charge in [-0.3, -0.25) is 14.4 Å². The van der Waals surface area contributed by atoms with E-state index in [4.69, 9.17) is 14.2 Å². The van der Waals surface area contributed by atoms with E-state index in [-0.39, 0.29) is 37.5 Å². The normalized spacial score (nSPS) is 14.3. The number of hydrogen-bond donors (Lipinski definition) is 0. The molecule has 1 aromatic rings. The minimum Gasteiger partial charge on any atom is -0.465 e. The number of ketones is 1. The number of carbonyl (C=O) groups excluding carboxylic acids is 3. The van der Waals surface area contributed by atoms with Crippen molar-refractivity contribution in [2.24, 2.45) is 10.8 Å². The van der Waals surface area contributed by atoms with Crippen LogP contribution in [-0.2, 0) is 14.3 Å². The molecule has 0 radical (unpaired) electrons. The minimum atomic E-state index is -0.643. The quantitative estimate of drug-likeness (QED) is 0.510. The lowest BCUT2D eigenvalue weighted by atomic mass is 9.89. The third kappa shape index (κ3) is 5.71. The molecule has 0 N–H and O–H groups in total. The molecule has 0 saturated heterocycles. The fourth-order valence-electron chi connectivity index (χ4n) is 2.75. The third-order valence-corrected chi connectivity index (χ3v) is 4.85. The molecule has 0 aromatic heterocycles. The molecule has 1 aliphatic rings. The van der Waals surface area contributed by atoms with Crippen molar-refractivity contribution in [3.8, 4) is 11.5 Å². The summed E-state index contributed by atoms with van der Waals surface area (Å²) in [5.41, 5.74) is -0.685. The van der Waals surface area contributed by atoms with Crippen LogP contribution in [0.3, 0.4) is 0 Å². The molecule has 1 aromatic carbocycles. The smallest absolute Gasteiger partial charge is 0.311 e. The van der Waals surface area contributed by atoms with E-state index in [1.54, 1.807) is 52.9 Å². The van der Waals surface area contributed by atoms with Crippen LogP contribution >= 0.6 is 0 Å². The average Bonchev–Trinajstić information content (AvgIpc) is 3.10. The Kier molecular flexibility index (Phi) is 6.60. The second-order valence-electron chi connectivity index (χ2n) is 9.28. The molecule has 7 nitrogen and oxygen atoms in total. The standard InChI is InChI=1S/C22H31NO6/c1-14(19(25)15-8-9-16-17(10-15)29-13-28-16)23(7)18(24)11-22(5,6)12-27-20(26)21(2,3)4/h8-10,14H,11-13H2,1-7H3/t14-/m1/s1. The summed E-state index contributed by atoms with van der Waals surface area (Å²) in [4.78, 5) is 39.0. The molecule has 160 valence electrons. The van der Waals surface area contributed by atoms with Gasteiger partial charge in [-0.25, -0.2) is 0 Å². The van der Waals surface area contributed by atoms with Crippen LogP contribution in [0.4, 0.5) is 0 Å². The van der Waals surface area contributed by atoms with Crippen molar-refractivity contribution in [3.63, 3.8) is 0 Å². The maximum Gasteiger partial charge on any atom is 0.311 e. The van der Waals surface area contributed by atoms with Gasteiger partial charge in [-0.15, -0.1) is 0 Å². The molecule has 1 aliphatic heterocycles. The Hall–Kier alpha value is -2.57. The summed E-state index contributed by atoms with van der Waals surface area (Å²) in [6, 6.07) is 4.35. The van der Waals surface area contributed by atoms with Crippen LogP contribution in [-0.4, -0.2) is 49.0 Å². The van der Waals surface area contributed by atoms with Crippen LogP contribution in [0.1, 0.15) is 58.3 Å². The lowest BCUT2D eigenvalue weighted by Gasteiger charge is -2.30. The van der Waals surface area contributed by atoms with Crippen molar-refractivity contribution in [2.75, 3.05) is 20.4 Å². The van der Waals surface area contributed by atoms with E-state index in [0.717, 1.165) is 0 Å². The number of benzene rings is 1. The SMILES string of the molecule is C[C@H](C(=O)c1ccc2c(c1)OCO2)N(C)C(=O)CC(C)(C)COC(=O)C(C)(C)C. The number of ether oxygens (including phenoxy) is 3. The molecule has 0 bridgehead atoms. The van der Waals surface area contributed by atoms with Crippen molar-refractivity contribution in [1.29, 1.82) is 0 Å². The van der Waals surface area contributed by atoms with Gasteiger partial charge in [0.25, 0.3) is 0 Å². The molecule has 0 spiro atoms. The monoisotopic (exact) mass is 405 g/mol. The molecule has 0 aliphatic carbocycles. The van der Waals surface area contributed by atoms with E-state index in [1.807, 2.05) is 13.8 Å². The van der Waals surface area contributed by atoms with Gasteiger partial charge in [0.2, 0.25) is 12.7 Å². The van der Waals surface area contributed by atoms with Crippen molar-refractivity contribution in [2.45, 2.75) is 54.0 Å². The predicted octanol–water partition coefficient (Wildman–Crippen LogP) is 3.45. The van der Waals surface area contributed by atoms with Gasteiger partial charge in [-0.1, -0.05) is 13.8 Å². The topological polar surface area (TPSA) is 82.1 Å². The van der Waals surface area contributed by atoms with Gasteiger partial charge >= 0.3 is 5.97 Å². The van der Waals surface area contributed by atoms with Gasteiger partial charge in [-0.2, -0.15) is 0 Å². The fraction of sp³-hybridized carbons (Fsp3) is 0.591. The van der Waals surface area contributed by atoms with E-state index in [2.05, 4.69) is 0 Å². The average molecular weight is 405 g/mol. The number of fused-ring (bicyclic) bond motifs is 1. The van der Waals surface area contributed by atoms with Crippen LogP contribution in [0.25, 0.3) is 0 Å². The van der Waals surface area contributed by atoms with Gasteiger partial charge in [0.05, 0.1) is 18.1 Å². The van der Waals surface area contributed by atoms with Crippen LogP contribution in [0.5, 0.6) is 11.5 Å². The molecule has 1 amide bonds. The molecule has 29 heavy (non-hydrogen) atoms. The zero-order valence-electron chi connectivity index (χ0n) is 18.3. The molecule has 1 atom stereocenters. The van der Waals surface area contributed by atoms with E-state index >= 15 is 0 Å². The first-order chi connectivity index (χ1) is 13.3. The lowest BCUT2D eigenvalue weighted by molar-refractivity contribution is -0.157. The number of amides is 1. The van der Waals surface area contributed by atoms with Gasteiger partial charge < -0.3 is 19.1 Å². The zero-order valence-corrected chi connectivity index (χ0v) is 18.3. The minimum absolute atomic E-state index is 0.132. The van der Waals surface area contributed by atoms with Gasteiger partial charge in [0, 0.05) is 24.4 Å². The predicted molar refractivity (Wildman–Crippen MR) is 108 cm³/mol. The molecule has 1 heterocycles. The maximum absolute atomic E-state index is 12.8. The van der Waals surface area contributed by atoms with Gasteiger partial charge in [0.15, 0.2) is 17.3 Å². The van der Waals surface area contributed by atoms with Crippen LogP contribution in [0.15, 0.2) is 18.2 Å². The number of Topliss-reactive ketones (excluding diaryl/α,β-unsaturated/α-hetero) is 1. The van der Waals surface area contributed by atoms with Gasteiger partial charge in [-0.05, 0) is 45.9 Å². The van der Waals surface area contributed by atoms with Crippen molar-refractivity contribution in [3.05, 3.63) is 23.8 Å². The highest BCUT2D eigenvalue weighted by atomic mass is 16.7. The zero-order chi connectivity index (χ0) is 22.0. The summed E-state index contributed by atoms with van der Waals surface area (Å²) < 4.78 is 15.9. The summed E-state index contributed by atoms with van der Waals surface area (Å²) in [6.45, 7) is 11.0. The van der Waals surface area contributed by atoms with Gasteiger partial charge in [0.1, 0.15) is 0 Å². The van der Waals surface area contributed by atoms with Crippen LogP contribution < -0.4 is 9.47 Å². The lowest BCUT2D eigenvalue weighted by Crippen LogP contribution is -2.42. The Morgan fingerprint density at radius 1 is 1.10 bits per heavy atom. The molecule has 0 unspecified atom stereocenters. The molecular formula is C22H31NO6. The number of hydrogen-bond acceptors (Lipinski definition) is 6. The number of rotatable bonds is 7. The van der Waals surface area contributed by atoms with Crippen LogP contribution in [0.2, 0.25) is 0 Å². The largest absolute Gasteiger partial charge is 0.465 e. The Morgan fingerprint density at radius 3 is 2.34 bits per heavy atom. The first kappa shape index (κ1) is 22.7.